The van der Waals surface area contributed by atoms with Crippen molar-refractivity contribution >= 4 is 41.7 Å². The first-order valence-electron chi connectivity index (χ1n) is 13.0. The Balaban J connectivity index is 1.72. The van der Waals surface area contributed by atoms with Crippen LogP contribution in [0.5, 0.6) is 11.5 Å². The molecule has 1 atom stereocenters. The molecule has 218 valence electrons. The quantitative estimate of drug-likeness (QED) is 0.129. The number of aromatic nitrogens is 1. The van der Waals surface area contributed by atoms with E-state index in [1.807, 2.05) is 13.2 Å². The molecule has 0 fully saturated rings. The highest BCUT2D eigenvalue weighted by Gasteiger charge is 2.26. The lowest BCUT2D eigenvalue weighted by Crippen LogP contribution is -2.19. The molecule has 0 aliphatic rings. The van der Waals surface area contributed by atoms with E-state index in [0.29, 0.717) is 41.1 Å². The monoisotopic (exact) mass is 608 g/mol. The van der Waals surface area contributed by atoms with Gasteiger partial charge in [0, 0.05) is 35.4 Å². The predicted octanol–water partition coefficient (Wildman–Crippen LogP) is 6.92. The van der Waals surface area contributed by atoms with Gasteiger partial charge in [0.1, 0.15) is 17.6 Å². The van der Waals surface area contributed by atoms with Gasteiger partial charge in [0.15, 0.2) is 5.13 Å². The Hall–Kier alpha value is -2.40. The van der Waals surface area contributed by atoms with Crippen molar-refractivity contribution in [3.8, 4) is 11.5 Å². The second-order valence-corrected chi connectivity index (χ2v) is 12.5. The van der Waals surface area contributed by atoms with Crippen LogP contribution < -0.4 is 14.8 Å². The summed E-state index contributed by atoms with van der Waals surface area (Å²) in [7, 11) is -1.70. The average molecular weight is 609 g/mol. The van der Waals surface area contributed by atoms with Crippen LogP contribution >= 0.6 is 30.7 Å². The van der Waals surface area contributed by atoms with Crippen LogP contribution in [0.3, 0.4) is 0 Å². The van der Waals surface area contributed by atoms with Gasteiger partial charge < -0.3 is 23.3 Å². The normalized spacial score (nSPS) is 12.2. The number of thiazole rings is 1. The van der Waals surface area contributed by atoms with Gasteiger partial charge in [-0.15, -0.1) is 23.1 Å². The molecule has 3 aromatic rings. The van der Waals surface area contributed by atoms with E-state index in [-0.39, 0.29) is 31.4 Å². The summed E-state index contributed by atoms with van der Waals surface area (Å²) in [4.78, 5) is 18.8. The number of carbonyl (C=O) groups is 1. The van der Waals surface area contributed by atoms with Crippen LogP contribution in [0.4, 0.5) is 5.13 Å². The molecule has 0 spiro atoms. The lowest BCUT2D eigenvalue weighted by atomic mass is 10.1. The minimum atomic E-state index is -3.30. The molecule has 1 N–H and O–H groups in total. The first kappa shape index (κ1) is 32.1. The van der Waals surface area contributed by atoms with E-state index in [0.717, 1.165) is 12.0 Å². The first-order chi connectivity index (χ1) is 19.3. The molecule has 0 unspecified atom stereocenters. The molecule has 1 amide bonds. The highest BCUT2D eigenvalue weighted by atomic mass is 32.2. The van der Waals surface area contributed by atoms with Gasteiger partial charge in [-0.05, 0) is 56.9 Å². The zero-order valence-electron chi connectivity index (χ0n) is 23.5. The Morgan fingerprint density at radius 1 is 1.10 bits per heavy atom. The number of carbonyl (C=O) groups excluding carboxylic acids is 1. The minimum absolute atomic E-state index is 0.0275. The van der Waals surface area contributed by atoms with E-state index < -0.39 is 7.60 Å². The second-order valence-electron chi connectivity index (χ2n) is 8.73. The second kappa shape index (κ2) is 16.1. The Morgan fingerprint density at radius 2 is 1.80 bits per heavy atom. The van der Waals surface area contributed by atoms with Gasteiger partial charge in [0.25, 0.3) is 5.91 Å². The molecular weight excluding hydrogens is 571 g/mol. The molecule has 2 aromatic carbocycles. The molecule has 0 saturated heterocycles. The van der Waals surface area contributed by atoms with Crippen molar-refractivity contribution in [1.82, 2.24) is 4.98 Å². The van der Waals surface area contributed by atoms with Crippen molar-refractivity contribution in [1.29, 1.82) is 0 Å². The lowest BCUT2D eigenvalue weighted by Gasteiger charge is -2.16. The zero-order chi connectivity index (χ0) is 29.0. The smallest absolute Gasteiger partial charge is 0.336 e. The molecule has 1 heterocycles. The Bertz CT molecular complexity index is 1260. The van der Waals surface area contributed by atoms with E-state index in [4.69, 9.17) is 23.3 Å². The Labute approximate surface area is 244 Å². The minimum Gasteiger partial charge on any atom is -0.493 e. The SMILES string of the molecule is CCOP(=O)(Cc1csc(NC(=O)c2cc(OCCc3ccc(SC)cc3)cc(O[C@@H](C)COC)c2)n1)OCC. The van der Waals surface area contributed by atoms with Crippen LogP contribution in [0.2, 0.25) is 0 Å². The molecule has 40 heavy (non-hydrogen) atoms. The number of nitrogens with one attached hydrogen (secondary N) is 1. The molecular formula is C28H37N2O7PS2. The number of benzene rings is 2. The third-order valence-corrected chi connectivity index (χ3v) is 9.04. The average Bonchev–Trinajstić information content (AvgIpc) is 3.35. The van der Waals surface area contributed by atoms with Gasteiger partial charge >= 0.3 is 7.60 Å². The maximum Gasteiger partial charge on any atom is 0.336 e. The molecule has 0 aliphatic heterocycles. The predicted molar refractivity (Wildman–Crippen MR) is 160 cm³/mol. The van der Waals surface area contributed by atoms with Crippen LogP contribution in [-0.4, -0.2) is 56.8 Å². The molecule has 0 radical (unpaired) electrons. The zero-order valence-corrected chi connectivity index (χ0v) is 26.0. The number of nitrogens with zero attached hydrogens (tertiary/aromatic N) is 1. The van der Waals surface area contributed by atoms with Crippen molar-refractivity contribution in [2.75, 3.05) is 45.1 Å². The van der Waals surface area contributed by atoms with Crippen LogP contribution in [-0.2, 0) is 30.9 Å². The summed E-state index contributed by atoms with van der Waals surface area (Å²) in [6.45, 7) is 6.76. The van der Waals surface area contributed by atoms with Crippen LogP contribution in [0.25, 0.3) is 0 Å². The Morgan fingerprint density at radius 3 is 2.45 bits per heavy atom. The van der Waals surface area contributed by atoms with Crippen molar-refractivity contribution < 1.29 is 32.6 Å². The standard InChI is InChI=1S/C28H37N2O7PS2/c1-6-35-38(32,36-7-2)18-23-19-40-28(29-23)30-27(31)22-14-24(16-25(15-22)37-20(3)17-33-4)34-13-12-21-8-10-26(39-5)11-9-21/h8-11,14-16,19-20H,6-7,12-13,17-18H2,1-5H3,(H,29,30,31)/t20-/m0/s1. The van der Waals surface area contributed by atoms with Crippen molar-refractivity contribution in [2.45, 2.75) is 44.4 Å². The number of thioether (sulfide) groups is 1. The van der Waals surface area contributed by atoms with E-state index in [1.54, 1.807) is 56.3 Å². The highest BCUT2D eigenvalue weighted by molar-refractivity contribution is 7.98. The summed E-state index contributed by atoms with van der Waals surface area (Å²) in [5.41, 5.74) is 2.03. The van der Waals surface area contributed by atoms with Crippen molar-refractivity contribution in [2.24, 2.45) is 0 Å². The first-order valence-corrected chi connectivity index (χ1v) is 16.8. The lowest BCUT2D eigenvalue weighted by molar-refractivity contribution is 0.0914. The molecule has 12 heteroatoms. The molecule has 0 saturated carbocycles. The van der Waals surface area contributed by atoms with E-state index in [2.05, 4.69) is 34.6 Å². The topological polar surface area (TPSA) is 105 Å². The summed E-state index contributed by atoms with van der Waals surface area (Å²) in [5.74, 6) is 0.633. The maximum atomic E-state index is 13.2. The number of hydrogen-bond acceptors (Lipinski definition) is 10. The summed E-state index contributed by atoms with van der Waals surface area (Å²) in [6, 6.07) is 13.4. The van der Waals surface area contributed by atoms with E-state index >= 15 is 0 Å². The molecule has 1 aromatic heterocycles. The number of hydrogen-bond donors (Lipinski definition) is 1. The number of methoxy groups -OCH3 is 1. The summed E-state index contributed by atoms with van der Waals surface area (Å²) < 4.78 is 40.7. The van der Waals surface area contributed by atoms with Gasteiger partial charge in [-0.3, -0.25) is 14.7 Å². The fourth-order valence-corrected chi connectivity index (χ4v) is 6.60. The fraction of sp³-hybridized carbons (Fsp3) is 0.429. The van der Waals surface area contributed by atoms with Gasteiger partial charge in [0.2, 0.25) is 0 Å². The van der Waals surface area contributed by atoms with Crippen LogP contribution in [0.1, 0.15) is 42.4 Å². The number of anilines is 1. The van der Waals surface area contributed by atoms with Crippen molar-refractivity contribution in [3.05, 3.63) is 64.7 Å². The third kappa shape index (κ3) is 10.2. The molecule has 0 bridgehead atoms. The van der Waals surface area contributed by atoms with Crippen LogP contribution in [0, 0.1) is 0 Å². The van der Waals surface area contributed by atoms with E-state index in [9.17, 15) is 9.36 Å². The Kier molecular flexibility index (Phi) is 13.0. The fourth-order valence-electron chi connectivity index (χ4n) is 3.76. The van der Waals surface area contributed by atoms with Gasteiger partial charge in [-0.2, -0.15) is 0 Å². The maximum absolute atomic E-state index is 13.2. The van der Waals surface area contributed by atoms with Gasteiger partial charge in [-0.25, -0.2) is 4.98 Å². The number of amides is 1. The largest absolute Gasteiger partial charge is 0.493 e. The van der Waals surface area contributed by atoms with Gasteiger partial charge in [-0.1, -0.05) is 12.1 Å². The summed E-state index contributed by atoms with van der Waals surface area (Å²) in [5, 5.41) is 4.91. The number of ether oxygens (including phenoxy) is 3. The number of rotatable bonds is 17. The van der Waals surface area contributed by atoms with Crippen LogP contribution in [0.15, 0.2) is 52.7 Å². The van der Waals surface area contributed by atoms with Crippen molar-refractivity contribution in [3.63, 3.8) is 0 Å². The summed E-state index contributed by atoms with van der Waals surface area (Å²) in [6.07, 6.45) is 2.57. The third-order valence-electron chi connectivity index (χ3n) is 5.48. The molecule has 0 aliphatic carbocycles. The summed E-state index contributed by atoms with van der Waals surface area (Å²) >= 11 is 2.93. The van der Waals surface area contributed by atoms with Gasteiger partial charge in [0.05, 0.1) is 38.3 Å². The van der Waals surface area contributed by atoms with E-state index in [1.165, 1.54) is 16.2 Å². The highest BCUT2D eigenvalue weighted by Crippen LogP contribution is 2.51. The molecule has 9 nitrogen and oxygen atoms in total. The molecule has 3 rings (SSSR count).